The summed E-state index contributed by atoms with van der Waals surface area (Å²) in [6, 6.07) is 1.44. The van der Waals surface area contributed by atoms with Crippen molar-refractivity contribution in [3.05, 3.63) is 0 Å². The summed E-state index contributed by atoms with van der Waals surface area (Å²) >= 11 is 0. The second kappa shape index (κ2) is 4.30. The molecule has 0 unspecified atom stereocenters. The number of methoxy groups -OCH3 is 1. The van der Waals surface area contributed by atoms with E-state index in [4.69, 9.17) is 4.74 Å². The Kier molecular flexibility index (Phi) is 3.06. The minimum Gasteiger partial charge on any atom is -0.469 e. The standard InChI is InChI=1S/C11H19NO2/c1-14-11(13)8-2-4-9(5-3-8)12-10-6-7-10/h8-10,12H,2-7H2,1H3. The highest BCUT2D eigenvalue weighted by atomic mass is 16.5. The van der Waals surface area contributed by atoms with Crippen molar-refractivity contribution in [3.63, 3.8) is 0 Å². The minimum absolute atomic E-state index is 0.0186. The van der Waals surface area contributed by atoms with Gasteiger partial charge in [0.2, 0.25) is 0 Å². The summed E-state index contributed by atoms with van der Waals surface area (Å²) < 4.78 is 4.76. The molecule has 14 heavy (non-hydrogen) atoms. The molecule has 80 valence electrons. The molecule has 0 aromatic rings. The Labute approximate surface area is 85.2 Å². The molecular weight excluding hydrogens is 178 g/mol. The second-order valence-corrected chi connectivity index (χ2v) is 4.51. The Morgan fingerprint density at radius 1 is 1.07 bits per heavy atom. The van der Waals surface area contributed by atoms with Crippen molar-refractivity contribution in [2.75, 3.05) is 7.11 Å². The van der Waals surface area contributed by atoms with Crippen LogP contribution in [0.15, 0.2) is 0 Å². The van der Waals surface area contributed by atoms with E-state index in [-0.39, 0.29) is 11.9 Å². The molecule has 0 saturated heterocycles. The number of carbonyl (C=O) groups is 1. The SMILES string of the molecule is COC(=O)C1CCC(NC2CC2)CC1. The quantitative estimate of drug-likeness (QED) is 0.696. The zero-order valence-electron chi connectivity index (χ0n) is 8.79. The van der Waals surface area contributed by atoms with Crippen LogP contribution < -0.4 is 5.32 Å². The molecule has 0 bridgehead atoms. The van der Waals surface area contributed by atoms with E-state index in [0.29, 0.717) is 6.04 Å². The van der Waals surface area contributed by atoms with Crippen molar-refractivity contribution < 1.29 is 9.53 Å². The van der Waals surface area contributed by atoms with Gasteiger partial charge in [0.1, 0.15) is 0 Å². The van der Waals surface area contributed by atoms with Gasteiger partial charge in [-0.2, -0.15) is 0 Å². The summed E-state index contributed by atoms with van der Waals surface area (Å²) in [5, 5.41) is 3.62. The molecular formula is C11H19NO2. The largest absolute Gasteiger partial charge is 0.469 e. The number of esters is 1. The molecule has 2 saturated carbocycles. The van der Waals surface area contributed by atoms with Crippen LogP contribution in [0.2, 0.25) is 0 Å². The van der Waals surface area contributed by atoms with Gasteiger partial charge in [-0.1, -0.05) is 0 Å². The monoisotopic (exact) mass is 197 g/mol. The lowest BCUT2D eigenvalue weighted by Crippen LogP contribution is -2.36. The summed E-state index contributed by atoms with van der Waals surface area (Å²) in [5.41, 5.74) is 0. The maximum absolute atomic E-state index is 11.3. The van der Waals surface area contributed by atoms with Gasteiger partial charge in [-0.3, -0.25) is 4.79 Å². The van der Waals surface area contributed by atoms with E-state index in [9.17, 15) is 4.79 Å². The number of hydrogen-bond donors (Lipinski definition) is 1. The first-order chi connectivity index (χ1) is 6.79. The van der Waals surface area contributed by atoms with Gasteiger partial charge < -0.3 is 10.1 Å². The third-order valence-electron chi connectivity index (χ3n) is 3.31. The van der Waals surface area contributed by atoms with E-state index >= 15 is 0 Å². The van der Waals surface area contributed by atoms with Crippen LogP contribution in [0.25, 0.3) is 0 Å². The Bertz CT molecular complexity index is 205. The summed E-state index contributed by atoms with van der Waals surface area (Å²) in [6.07, 6.45) is 6.95. The molecule has 0 aliphatic heterocycles. The topological polar surface area (TPSA) is 38.3 Å². The highest BCUT2D eigenvalue weighted by Crippen LogP contribution is 2.28. The average Bonchev–Trinajstić information content (AvgIpc) is 3.02. The van der Waals surface area contributed by atoms with Crippen LogP contribution in [0.4, 0.5) is 0 Å². The molecule has 1 N–H and O–H groups in total. The molecule has 3 heteroatoms. The number of nitrogens with one attached hydrogen (secondary N) is 1. The summed E-state index contributed by atoms with van der Waals surface area (Å²) in [7, 11) is 1.48. The summed E-state index contributed by atoms with van der Waals surface area (Å²) in [4.78, 5) is 11.3. The summed E-state index contributed by atoms with van der Waals surface area (Å²) in [5.74, 6) is 0.145. The first-order valence-electron chi connectivity index (χ1n) is 5.63. The molecule has 2 aliphatic carbocycles. The second-order valence-electron chi connectivity index (χ2n) is 4.51. The van der Waals surface area contributed by atoms with Gasteiger partial charge in [0.05, 0.1) is 13.0 Å². The van der Waals surface area contributed by atoms with Gasteiger partial charge in [0, 0.05) is 12.1 Å². The molecule has 0 atom stereocenters. The van der Waals surface area contributed by atoms with Crippen LogP contribution in [0.3, 0.4) is 0 Å². The third-order valence-corrected chi connectivity index (χ3v) is 3.31. The first kappa shape index (κ1) is 9.97. The maximum Gasteiger partial charge on any atom is 0.308 e. The van der Waals surface area contributed by atoms with E-state index in [1.807, 2.05) is 0 Å². The van der Waals surface area contributed by atoms with Gasteiger partial charge >= 0.3 is 5.97 Å². The van der Waals surface area contributed by atoms with E-state index < -0.39 is 0 Å². The van der Waals surface area contributed by atoms with Crippen LogP contribution in [0.5, 0.6) is 0 Å². The first-order valence-corrected chi connectivity index (χ1v) is 5.63. The van der Waals surface area contributed by atoms with E-state index in [1.165, 1.54) is 20.0 Å². The Hall–Kier alpha value is -0.570. The molecule has 3 nitrogen and oxygen atoms in total. The molecule has 2 fully saturated rings. The van der Waals surface area contributed by atoms with E-state index in [1.54, 1.807) is 0 Å². The predicted octanol–water partition coefficient (Wildman–Crippen LogP) is 1.47. The fourth-order valence-corrected chi connectivity index (χ4v) is 2.25. The van der Waals surface area contributed by atoms with Crippen LogP contribution >= 0.6 is 0 Å². The fourth-order valence-electron chi connectivity index (χ4n) is 2.25. The van der Waals surface area contributed by atoms with Crippen LogP contribution in [0.1, 0.15) is 38.5 Å². The molecule has 0 aromatic heterocycles. The van der Waals surface area contributed by atoms with Crippen molar-refractivity contribution >= 4 is 5.97 Å². The van der Waals surface area contributed by atoms with Gasteiger partial charge in [-0.15, -0.1) is 0 Å². The lowest BCUT2D eigenvalue weighted by atomic mass is 9.86. The number of rotatable bonds is 3. The van der Waals surface area contributed by atoms with E-state index in [2.05, 4.69) is 5.32 Å². The van der Waals surface area contributed by atoms with Crippen LogP contribution in [0, 0.1) is 5.92 Å². The zero-order chi connectivity index (χ0) is 9.97. The number of ether oxygens (including phenoxy) is 1. The van der Waals surface area contributed by atoms with E-state index in [0.717, 1.165) is 31.7 Å². The molecule has 0 radical (unpaired) electrons. The van der Waals surface area contributed by atoms with Gasteiger partial charge in [0.25, 0.3) is 0 Å². The zero-order valence-corrected chi connectivity index (χ0v) is 8.79. The smallest absolute Gasteiger partial charge is 0.308 e. The van der Waals surface area contributed by atoms with Crippen molar-refractivity contribution in [1.82, 2.24) is 5.32 Å². The van der Waals surface area contributed by atoms with Gasteiger partial charge in [-0.25, -0.2) is 0 Å². The molecule has 2 rings (SSSR count). The Balaban J connectivity index is 1.71. The van der Waals surface area contributed by atoms with Gasteiger partial charge in [0.15, 0.2) is 0 Å². The normalized spacial score (nSPS) is 32.6. The van der Waals surface area contributed by atoms with Crippen molar-refractivity contribution in [3.8, 4) is 0 Å². The number of carbonyl (C=O) groups excluding carboxylic acids is 1. The van der Waals surface area contributed by atoms with Crippen molar-refractivity contribution in [2.45, 2.75) is 50.6 Å². The fraction of sp³-hybridized carbons (Fsp3) is 0.909. The predicted molar refractivity (Wildman–Crippen MR) is 53.9 cm³/mol. The summed E-state index contributed by atoms with van der Waals surface area (Å²) in [6.45, 7) is 0. The molecule has 0 amide bonds. The van der Waals surface area contributed by atoms with Crippen molar-refractivity contribution in [1.29, 1.82) is 0 Å². The molecule has 0 spiro atoms. The van der Waals surface area contributed by atoms with Crippen molar-refractivity contribution in [2.24, 2.45) is 5.92 Å². The lowest BCUT2D eigenvalue weighted by molar-refractivity contribution is -0.146. The molecule has 0 heterocycles. The highest BCUT2D eigenvalue weighted by Gasteiger charge is 2.30. The Morgan fingerprint density at radius 2 is 1.57 bits per heavy atom. The number of hydrogen-bond acceptors (Lipinski definition) is 3. The van der Waals surface area contributed by atoms with Crippen LogP contribution in [-0.4, -0.2) is 25.2 Å². The maximum atomic E-state index is 11.3. The van der Waals surface area contributed by atoms with Gasteiger partial charge in [-0.05, 0) is 38.5 Å². The highest BCUT2D eigenvalue weighted by molar-refractivity contribution is 5.72. The molecule has 0 aromatic carbocycles. The average molecular weight is 197 g/mol. The molecule has 2 aliphatic rings. The Morgan fingerprint density at radius 3 is 2.00 bits per heavy atom. The third kappa shape index (κ3) is 2.47. The van der Waals surface area contributed by atoms with Crippen LogP contribution in [-0.2, 0) is 9.53 Å². The minimum atomic E-state index is -0.0186. The lowest BCUT2D eigenvalue weighted by Gasteiger charge is -2.27.